The molecule has 1 unspecified atom stereocenters. The van der Waals surface area contributed by atoms with Crippen LogP contribution in [0.5, 0.6) is 5.75 Å². The van der Waals surface area contributed by atoms with Gasteiger partial charge < -0.3 is 10.4 Å². The van der Waals surface area contributed by atoms with Gasteiger partial charge >= 0.3 is 14.4 Å². The Bertz CT molecular complexity index is 1660. The first-order valence-electron chi connectivity index (χ1n) is 13.4. The molecule has 1 aliphatic rings. The van der Waals surface area contributed by atoms with Crippen molar-refractivity contribution >= 4 is 31.2 Å². The maximum Gasteiger partial charge on any atom is 0.747 e. The maximum atomic E-state index is 13.2. The molecule has 13 heteroatoms. The molecule has 0 saturated carbocycles. The van der Waals surface area contributed by atoms with Crippen LogP contribution in [0.15, 0.2) is 42.7 Å². The predicted molar refractivity (Wildman–Crippen MR) is 154 cm³/mol. The molecule has 0 spiro atoms. The molecule has 2 atom stereocenters. The average molecular weight is 618 g/mol. The van der Waals surface area contributed by atoms with Gasteiger partial charge in [0.2, 0.25) is 0 Å². The molecule has 3 heterocycles. The fourth-order valence-electron chi connectivity index (χ4n) is 5.43. The molecular weight excluding hydrogens is 588 g/mol. The van der Waals surface area contributed by atoms with Crippen LogP contribution >= 0.6 is 19.6 Å². The smallest absolute Gasteiger partial charge is 0.378 e. The van der Waals surface area contributed by atoms with Crippen LogP contribution in [-0.2, 0) is 35.6 Å². The van der Waals surface area contributed by atoms with E-state index in [4.69, 9.17) is 4.52 Å². The number of benzene rings is 1. The molecule has 4 aromatic rings. The number of nitrogens with one attached hydrogen (secondary N) is 1. The third-order valence-electron chi connectivity index (χ3n) is 7.31. The number of rotatable bonds is 8. The van der Waals surface area contributed by atoms with Crippen LogP contribution in [0.3, 0.4) is 0 Å². The molecule has 0 saturated heterocycles. The van der Waals surface area contributed by atoms with Crippen LogP contribution in [0, 0.1) is 6.92 Å². The Morgan fingerprint density at radius 3 is 2.62 bits per heavy atom. The Kier molecular flexibility index (Phi) is 8.35. The molecule has 0 aliphatic heterocycles. The number of aromatic nitrogens is 3. The minimum absolute atomic E-state index is 0.0135. The number of halogens is 3. The van der Waals surface area contributed by atoms with Crippen LogP contribution in [0.25, 0.3) is 10.6 Å². The summed E-state index contributed by atoms with van der Waals surface area (Å²) in [6.07, 6.45) is 1.16. The van der Waals surface area contributed by atoms with Crippen molar-refractivity contribution < 1.29 is 32.3 Å². The number of alkyl halides is 3. The van der Waals surface area contributed by atoms with Gasteiger partial charge in [0, 0.05) is 28.1 Å². The summed E-state index contributed by atoms with van der Waals surface area (Å²) < 4.78 is 56.4. The van der Waals surface area contributed by atoms with E-state index in [0.717, 1.165) is 46.1 Å². The van der Waals surface area contributed by atoms with E-state index in [-0.39, 0.29) is 5.82 Å². The standard InChI is InChI=1S/C29H28F3N4O4PS/c1-4-17-13-21-20(19(5-2)26(17)40-41(38)39)7-6-9-28(21,37)27-34-15-23(42-27)22-11-16(3)12-25(35-22)36-24-14-18(8-10-33-24)29(30,31)32/h8,10-15,37H,4-7,9H2,1-3H3,(H-,33,35,36,38,39)/p+1/t28-/m0/s1. The second-order valence-corrected chi connectivity index (χ2v) is 11.8. The number of aryl methyl sites for hydroxylation is 2. The van der Waals surface area contributed by atoms with Gasteiger partial charge in [-0.2, -0.15) is 13.2 Å². The molecule has 0 fully saturated rings. The van der Waals surface area contributed by atoms with Gasteiger partial charge in [-0.1, -0.05) is 13.8 Å². The molecule has 0 radical (unpaired) electrons. The number of aliphatic hydroxyl groups is 1. The van der Waals surface area contributed by atoms with Crippen LogP contribution in [0.2, 0.25) is 0 Å². The molecule has 3 aromatic heterocycles. The lowest BCUT2D eigenvalue weighted by Crippen LogP contribution is -2.33. The highest BCUT2D eigenvalue weighted by Gasteiger charge is 2.41. The number of hydrogen-bond acceptors (Lipinski definition) is 8. The van der Waals surface area contributed by atoms with E-state index >= 15 is 0 Å². The van der Waals surface area contributed by atoms with Gasteiger partial charge in [0.05, 0.1) is 16.1 Å². The van der Waals surface area contributed by atoms with E-state index in [1.54, 1.807) is 12.3 Å². The second kappa shape index (κ2) is 11.7. The summed E-state index contributed by atoms with van der Waals surface area (Å²) in [5, 5.41) is 15.5. The minimum atomic E-state index is -4.50. The van der Waals surface area contributed by atoms with E-state index in [0.29, 0.717) is 59.3 Å². The lowest BCUT2D eigenvalue weighted by Gasteiger charge is -2.35. The molecule has 1 aliphatic carbocycles. The zero-order valence-corrected chi connectivity index (χ0v) is 24.8. The van der Waals surface area contributed by atoms with Gasteiger partial charge in [-0.3, -0.25) is 0 Å². The largest absolute Gasteiger partial charge is 0.747 e. The van der Waals surface area contributed by atoms with E-state index in [2.05, 4.69) is 20.3 Å². The lowest BCUT2D eigenvalue weighted by molar-refractivity contribution is -0.137. The summed E-state index contributed by atoms with van der Waals surface area (Å²) in [5.74, 6) is 0.744. The van der Waals surface area contributed by atoms with Crippen molar-refractivity contribution in [2.45, 2.75) is 64.7 Å². The van der Waals surface area contributed by atoms with Gasteiger partial charge in [0.25, 0.3) is 0 Å². The van der Waals surface area contributed by atoms with Crippen molar-refractivity contribution in [2.75, 3.05) is 5.32 Å². The monoisotopic (exact) mass is 617 g/mol. The SMILES string of the molecule is CCc1cc2c(c(CC)c1O[P+](=O)O)CCC[C@@]2(O)c1ncc(-c2cc(C)cc(Nc3cc(C(F)(F)F)ccn3)n2)s1. The normalized spacial score (nSPS) is 17.1. The summed E-state index contributed by atoms with van der Waals surface area (Å²) in [6.45, 7) is 5.72. The number of fused-ring (bicyclic) bond motifs is 1. The fraction of sp³-hybridized carbons (Fsp3) is 0.345. The van der Waals surface area contributed by atoms with Gasteiger partial charge in [-0.05, 0) is 86.1 Å². The number of nitrogens with zero attached hydrogens (tertiary/aromatic N) is 3. The van der Waals surface area contributed by atoms with Crippen molar-refractivity contribution in [1.29, 1.82) is 0 Å². The van der Waals surface area contributed by atoms with E-state index in [1.165, 1.54) is 11.3 Å². The highest BCUT2D eigenvalue weighted by molar-refractivity contribution is 7.32. The fourth-order valence-corrected chi connectivity index (χ4v) is 6.82. The molecule has 8 nitrogen and oxygen atoms in total. The summed E-state index contributed by atoms with van der Waals surface area (Å²) in [4.78, 5) is 23.4. The number of thiazole rings is 1. The lowest BCUT2D eigenvalue weighted by atomic mass is 9.76. The van der Waals surface area contributed by atoms with Gasteiger partial charge in [-0.25, -0.2) is 19.5 Å². The Labute approximate surface area is 245 Å². The van der Waals surface area contributed by atoms with Crippen molar-refractivity contribution in [2.24, 2.45) is 0 Å². The van der Waals surface area contributed by atoms with Gasteiger partial charge in [0.15, 0.2) is 5.75 Å². The third kappa shape index (κ3) is 5.89. The van der Waals surface area contributed by atoms with Crippen molar-refractivity contribution in [1.82, 2.24) is 15.0 Å². The average Bonchev–Trinajstić information content (AvgIpc) is 3.44. The Balaban J connectivity index is 1.51. The summed E-state index contributed by atoms with van der Waals surface area (Å²) >= 11 is 1.29. The van der Waals surface area contributed by atoms with Crippen molar-refractivity contribution in [3.63, 3.8) is 0 Å². The molecule has 220 valence electrons. The number of hydrogen-bond donors (Lipinski definition) is 3. The number of pyridine rings is 2. The first-order valence-corrected chi connectivity index (χ1v) is 15.4. The summed E-state index contributed by atoms with van der Waals surface area (Å²) in [5.41, 5.74) is 2.35. The minimum Gasteiger partial charge on any atom is -0.378 e. The van der Waals surface area contributed by atoms with Crippen molar-refractivity contribution in [3.05, 3.63) is 81.1 Å². The molecular formula is C29H29F3N4O4PS+. The third-order valence-corrected chi connectivity index (χ3v) is 8.82. The Morgan fingerprint density at radius 1 is 1.14 bits per heavy atom. The van der Waals surface area contributed by atoms with Crippen LogP contribution < -0.4 is 9.84 Å². The molecule has 0 amide bonds. The molecule has 5 rings (SSSR count). The molecule has 1 aromatic carbocycles. The first-order chi connectivity index (χ1) is 19.9. The highest BCUT2D eigenvalue weighted by Crippen LogP contribution is 2.48. The Morgan fingerprint density at radius 2 is 1.93 bits per heavy atom. The molecule has 3 N–H and O–H groups in total. The second-order valence-electron chi connectivity index (χ2n) is 10.1. The Hall–Kier alpha value is -3.44. The van der Waals surface area contributed by atoms with Crippen molar-refractivity contribution in [3.8, 4) is 16.3 Å². The predicted octanol–water partition coefficient (Wildman–Crippen LogP) is 7.40. The zero-order chi connectivity index (χ0) is 30.2. The number of anilines is 2. The van der Waals surface area contributed by atoms with Gasteiger partial charge in [-0.15, -0.1) is 16.2 Å². The van der Waals surface area contributed by atoms with Crippen LogP contribution in [0.1, 0.15) is 65.1 Å². The van der Waals surface area contributed by atoms with Crippen LogP contribution in [-0.4, -0.2) is 25.0 Å². The maximum absolute atomic E-state index is 13.2. The summed E-state index contributed by atoms with van der Waals surface area (Å²) in [7, 11) is -2.84. The molecule has 0 bridgehead atoms. The highest BCUT2D eigenvalue weighted by atomic mass is 32.1. The van der Waals surface area contributed by atoms with Crippen LogP contribution in [0.4, 0.5) is 24.8 Å². The summed E-state index contributed by atoms with van der Waals surface area (Å²) in [6, 6.07) is 7.23. The molecule has 42 heavy (non-hydrogen) atoms. The van der Waals surface area contributed by atoms with E-state index in [1.807, 2.05) is 32.9 Å². The quantitative estimate of drug-likeness (QED) is 0.175. The van der Waals surface area contributed by atoms with Gasteiger partial charge in [0.1, 0.15) is 22.2 Å². The zero-order valence-electron chi connectivity index (χ0n) is 23.1. The van der Waals surface area contributed by atoms with E-state index < -0.39 is 25.6 Å². The first kappa shape index (κ1) is 30.0. The van der Waals surface area contributed by atoms with E-state index in [9.17, 15) is 27.7 Å². The topological polar surface area (TPSA) is 117 Å².